The van der Waals surface area contributed by atoms with E-state index in [-0.39, 0.29) is 6.04 Å². The van der Waals surface area contributed by atoms with Crippen molar-refractivity contribution < 1.29 is 22.8 Å². The maximum absolute atomic E-state index is 13.0. The van der Waals surface area contributed by atoms with Gasteiger partial charge in [-0.15, -0.1) is 0 Å². The lowest BCUT2D eigenvalue weighted by Crippen LogP contribution is -2.49. The number of amides is 2. The third kappa shape index (κ3) is 5.45. The number of benzene rings is 1. The Morgan fingerprint density at radius 2 is 1.81 bits per heavy atom. The van der Waals surface area contributed by atoms with Gasteiger partial charge in [0.15, 0.2) is 0 Å². The topological polar surface area (TPSA) is 84.2 Å². The second-order valence-electron chi connectivity index (χ2n) is 6.53. The van der Waals surface area contributed by atoms with Crippen LogP contribution in [0.25, 0.3) is 0 Å². The molecule has 1 aliphatic carbocycles. The summed E-state index contributed by atoms with van der Waals surface area (Å²) in [5.41, 5.74) is 4.21. The highest BCUT2D eigenvalue weighted by Crippen LogP contribution is 2.31. The number of alkyl halides is 3. The first kappa shape index (κ1) is 20.2. The summed E-state index contributed by atoms with van der Waals surface area (Å²) in [6.07, 6.45) is 0.725. The minimum Gasteiger partial charge on any atom is -0.350 e. The Labute approximate surface area is 150 Å². The summed E-state index contributed by atoms with van der Waals surface area (Å²) in [6.45, 7) is -0.102. The smallest absolute Gasteiger partial charge is 0.350 e. The summed E-state index contributed by atoms with van der Waals surface area (Å²) < 4.78 is 38.9. The van der Waals surface area contributed by atoms with Crippen molar-refractivity contribution in [3.05, 3.63) is 35.4 Å². The summed E-state index contributed by atoms with van der Waals surface area (Å²) in [6, 6.07) is 4.30. The van der Waals surface area contributed by atoms with Crippen molar-refractivity contribution in [1.82, 2.24) is 10.6 Å². The van der Waals surface area contributed by atoms with Crippen LogP contribution < -0.4 is 16.4 Å². The van der Waals surface area contributed by atoms with Crippen LogP contribution in [0.15, 0.2) is 24.3 Å². The minimum absolute atomic E-state index is 0.179. The Hall–Kier alpha value is -2.09. The number of nitrogens with one attached hydrogen (secondary N) is 2. The molecule has 1 unspecified atom stereocenters. The summed E-state index contributed by atoms with van der Waals surface area (Å²) in [5.74, 6) is -1.08. The van der Waals surface area contributed by atoms with Crippen LogP contribution in [0.4, 0.5) is 13.2 Å². The van der Waals surface area contributed by atoms with Gasteiger partial charge in [0, 0.05) is 12.6 Å². The molecule has 1 aliphatic rings. The first-order chi connectivity index (χ1) is 12.3. The minimum atomic E-state index is -4.64. The molecule has 2 rings (SSSR count). The van der Waals surface area contributed by atoms with E-state index in [4.69, 9.17) is 5.73 Å². The fourth-order valence-electron chi connectivity index (χ4n) is 3.35. The van der Waals surface area contributed by atoms with E-state index < -0.39 is 35.7 Å². The molecule has 5 nitrogen and oxygen atoms in total. The first-order valence-electron chi connectivity index (χ1n) is 8.76. The molecule has 0 aliphatic heterocycles. The van der Waals surface area contributed by atoms with Crippen molar-refractivity contribution in [3.8, 4) is 0 Å². The number of nitrogens with two attached hydrogens (primary N) is 1. The van der Waals surface area contributed by atoms with Crippen molar-refractivity contribution >= 4 is 11.8 Å². The molecule has 1 fully saturated rings. The molecule has 1 saturated carbocycles. The van der Waals surface area contributed by atoms with E-state index in [9.17, 15) is 22.8 Å². The standard InChI is InChI=1S/C18H24F3N3O2/c19-18(20,21)14-9-5-4-8-13(14)17(26)23-11-16(25)24-15(10-22)12-6-2-1-3-7-12/h4-5,8-9,12,15H,1-3,6-7,10-11,22H2,(H,23,26)(H,24,25). The summed E-state index contributed by atoms with van der Waals surface area (Å²) in [4.78, 5) is 24.1. The molecule has 0 saturated heterocycles. The fourth-order valence-corrected chi connectivity index (χ4v) is 3.35. The Kier molecular flexibility index (Phi) is 7.02. The maximum Gasteiger partial charge on any atom is 0.417 e. The highest BCUT2D eigenvalue weighted by atomic mass is 19.4. The van der Waals surface area contributed by atoms with Crippen LogP contribution in [-0.4, -0.2) is 30.9 Å². The van der Waals surface area contributed by atoms with Crippen molar-refractivity contribution in [2.24, 2.45) is 11.7 Å². The zero-order valence-corrected chi connectivity index (χ0v) is 14.4. The molecule has 0 spiro atoms. The van der Waals surface area contributed by atoms with Crippen molar-refractivity contribution in [1.29, 1.82) is 0 Å². The van der Waals surface area contributed by atoms with E-state index in [1.54, 1.807) is 0 Å². The van der Waals surface area contributed by atoms with Crippen LogP contribution in [0, 0.1) is 5.92 Å². The zero-order valence-electron chi connectivity index (χ0n) is 14.4. The normalized spacial score (nSPS) is 16.8. The van der Waals surface area contributed by atoms with Gasteiger partial charge in [-0.3, -0.25) is 9.59 Å². The number of hydrogen-bond acceptors (Lipinski definition) is 3. The summed E-state index contributed by atoms with van der Waals surface area (Å²) in [7, 11) is 0. The molecule has 8 heteroatoms. The van der Waals surface area contributed by atoms with Crippen LogP contribution in [0.5, 0.6) is 0 Å². The number of carbonyl (C=O) groups excluding carboxylic acids is 2. The Morgan fingerprint density at radius 3 is 2.42 bits per heavy atom. The molecule has 1 aromatic rings. The van der Waals surface area contributed by atoms with E-state index in [0.717, 1.165) is 37.8 Å². The fraction of sp³-hybridized carbons (Fsp3) is 0.556. The van der Waals surface area contributed by atoms with Crippen LogP contribution in [0.3, 0.4) is 0 Å². The molecule has 0 bridgehead atoms. The van der Waals surface area contributed by atoms with Gasteiger partial charge in [-0.1, -0.05) is 31.4 Å². The van der Waals surface area contributed by atoms with Gasteiger partial charge < -0.3 is 16.4 Å². The van der Waals surface area contributed by atoms with E-state index in [1.165, 1.54) is 18.6 Å². The molecule has 4 N–H and O–H groups in total. The zero-order chi connectivity index (χ0) is 19.2. The molecule has 144 valence electrons. The van der Waals surface area contributed by atoms with E-state index in [2.05, 4.69) is 10.6 Å². The van der Waals surface area contributed by atoms with Gasteiger partial charge in [0.1, 0.15) is 0 Å². The van der Waals surface area contributed by atoms with Crippen LogP contribution in [-0.2, 0) is 11.0 Å². The number of rotatable bonds is 6. The van der Waals surface area contributed by atoms with Gasteiger partial charge in [0.2, 0.25) is 5.91 Å². The van der Waals surface area contributed by atoms with Gasteiger partial charge in [0.25, 0.3) is 5.91 Å². The Morgan fingerprint density at radius 1 is 1.15 bits per heavy atom. The van der Waals surface area contributed by atoms with Crippen LogP contribution in [0.2, 0.25) is 0 Å². The highest BCUT2D eigenvalue weighted by Gasteiger charge is 2.34. The lowest BCUT2D eigenvalue weighted by molar-refractivity contribution is -0.137. The molecule has 0 heterocycles. The van der Waals surface area contributed by atoms with Gasteiger partial charge in [-0.2, -0.15) is 13.2 Å². The molecule has 0 aromatic heterocycles. The average molecular weight is 371 g/mol. The molecule has 2 amide bonds. The van der Waals surface area contributed by atoms with E-state index in [1.807, 2.05) is 0 Å². The third-order valence-corrected chi connectivity index (χ3v) is 4.71. The SMILES string of the molecule is NCC(NC(=O)CNC(=O)c1ccccc1C(F)(F)F)C1CCCCC1. The van der Waals surface area contributed by atoms with Crippen molar-refractivity contribution in [2.45, 2.75) is 44.3 Å². The molecular weight excluding hydrogens is 347 g/mol. The van der Waals surface area contributed by atoms with Crippen LogP contribution in [0.1, 0.15) is 48.0 Å². The largest absolute Gasteiger partial charge is 0.417 e. The third-order valence-electron chi connectivity index (χ3n) is 4.71. The van der Waals surface area contributed by atoms with E-state index >= 15 is 0 Å². The molecule has 1 aromatic carbocycles. The van der Waals surface area contributed by atoms with Gasteiger partial charge in [0.05, 0.1) is 17.7 Å². The Balaban J connectivity index is 1.91. The quantitative estimate of drug-likeness (QED) is 0.718. The van der Waals surface area contributed by atoms with Gasteiger partial charge in [-0.05, 0) is 30.9 Å². The molecule has 1 atom stereocenters. The first-order valence-corrected chi connectivity index (χ1v) is 8.76. The van der Waals surface area contributed by atoms with Crippen molar-refractivity contribution in [2.75, 3.05) is 13.1 Å². The van der Waals surface area contributed by atoms with Crippen molar-refractivity contribution in [3.63, 3.8) is 0 Å². The average Bonchev–Trinajstić information content (AvgIpc) is 2.64. The van der Waals surface area contributed by atoms with Crippen LogP contribution >= 0.6 is 0 Å². The number of halogens is 3. The summed E-state index contributed by atoms with van der Waals surface area (Å²) in [5, 5.41) is 5.04. The molecule has 0 radical (unpaired) electrons. The van der Waals surface area contributed by atoms with E-state index in [0.29, 0.717) is 12.5 Å². The Bertz CT molecular complexity index is 628. The predicted octanol–water partition coefficient (Wildman–Crippen LogP) is 2.46. The highest BCUT2D eigenvalue weighted by molar-refractivity contribution is 5.97. The monoisotopic (exact) mass is 371 g/mol. The van der Waals surface area contributed by atoms with Gasteiger partial charge >= 0.3 is 6.18 Å². The summed E-state index contributed by atoms with van der Waals surface area (Å²) >= 11 is 0. The predicted molar refractivity (Wildman–Crippen MR) is 91.3 cm³/mol. The lowest BCUT2D eigenvalue weighted by atomic mass is 9.84. The second kappa shape index (κ2) is 9.02. The number of hydrogen-bond donors (Lipinski definition) is 3. The van der Waals surface area contributed by atoms with Gasteiger partial charge in [-0.25, -0.2) is 0 Å². The maximum atomic E-state index is 13.0. The molecule has 26 heavy (non-hydrogen) atoms. The number of carbonyl (C=O) groups is 2. The lowest BCUT2D eigenvalue weighted by Gasteiger charge is -2.30. The second-order valence-corrected chi connectivity index (χ2v) is 6.53. The molecular formula is C18H24F3N3O2.